The maximum atomic E-state index is 5.62. The van der Waals surface area contributed by atoms with Crippen molar-refractivity contribution in [3.63, 3.8) is 0 Å². The molecule has 0 bridgehead atoms. The highest BCUT2D eigenvalue weighted by Crippen LogP contribution is 2.22. The van der Waals surface area contributed by atoms with Gasteiger partial charge in [-0.15, -0.1) is 11.3 Å². The Bertz CT molecular complexity index is 668. The van der Waals surface area contributed by atoms with Gasteiger partial charge in [-0.3, -0.25) is 0 Å². The summed E-state index contributed by atoms with van der Waals surface area (Å²) in [5, 5.41) is 3.06. The van der Waals surface area contributed by atoms with Gasteiger partial charge in [0.15, 0.2) is 5.82 Å². The van der Waals surface area contributed by atoms with E-state index in [0.717, 1.165) is 33.1 Å². The summed E-state index contributed by atoms with van der Waals surface area (Å²) in [6.45, 7) is 2.53. The maximum absolute atomic E-state index is 5.62. The van der Waals surface area contributed by atoms with Gasteiger partial charge in [0, 0.05) is 11.9 Å². The van der Waals surface area contributed by atoms with Gasteiger partial charge in [-0.05, 0) is 24.6 Å². The molecule has 3 N–H and O–H groups in total. The van der Waals surface area contributed by atoms with E-state index < -0.39 is 0 Å². The second-order valence-electron chi connectivity index (χ2n) is 3.89. The molecule has 3 rings (SSSR count). The number of nitrogens with zero attached hydrogens (tertiary/aromatic N) is 2. The van der Waals surface area contributed by atoms with Crippen molar-refractivity contribution in [3.05, 3.63) is 34.2 Å². The second kappa shape index (κ2) is 3.94. The lowest BCUT2D eigenvalue weighted by molar-refractivity contribution is 1.07. The van der Waals surface area contributed by atoms with Crippen LogP contribution in [0, 0.1) is 6.92 Å². The number of nitrogens with two attached hydrogens (primary N) is 1. The lowest BCUT2D eigenvalue weighted by atomic mass is 10.2. The third-order valence-corrected chi connectivity index (χ3v) is 3.42. The number of aromatic nitrogens is 3. The highest BCUT2D eigenvalue weighted by molar-refractivity contribution is 7.09. The predicted molar refractivity (Wildman–Crippen MR) is 69.8 cm³/mol. The Labute approximate surface area is 103 Å². The minimum Gasteiger partial charge on any atom is -0.337 e. The molecule has 3 aromatic rings. The molecule has 0 amide bonds. The van der Waals surface area contributed by atoms with Crippen molar-refractivity contribution in [2.24, 2.45) is 5.73 Å². The van der Waals surface area contributed by atoms with E-state index in [4.69, 9.17) is 5.73 Å². The Kier molecular flexibility index (Phi) is 2.42. The summed E-state index contributed by atoms with van der Waals surface area (Å²) in [6.07, 6.45) is 0. The van der Waals surface area contributed by atoms with Gasteiger partial charge in [0.05, 0.1) is 16.0 Å². The van der Waals surface area contributed by atoms with E-state index in [1.165, 1.54) is 0 Å². The number of thiazole rings is 1. The summed E-state index contributed by atoms with van der Waals surface area (Å²) in [5.41, 5.74) is 9.57. The average molecular weight is 244 g/mol. The van der Waals surface area contributed by atoms with Gasteiger partial charge in [0.2, 0.25) is 0 Å². The second-order valence-corrected chi connectivity index (χ2v) is 4.96. The van der Waals surface area contributed by atoms with E-state index in [9.17, 15) is 0 Å². The molecule has 0 aliphatic carbocycles. The van der Waals surface area contributed by atoms with Gasteiger partial charge in [-0.1, -0.05) is 6.07 Å². The maximum Gasteiger partial charge on any atom is 0.158 e. The summed E-state index contributed by atoms with van der Waals surface area (Å²) >= 11 is 1.63. The van der Waals surface area contributed by atoms with Gasteiger partial charge in [-0.25, -0.2) is 9.97 Å². The first kappa shape index (κ1) is 10.4. The minimum atomic E-state index is 0.542. The Balaban J connectivity index is 2.13. The van der Waals surface area contributed by atoms with Crippen LogP contribution < -0.4 is 5.73 Å². The molecule has 0 unspecified atom stereocenters. The first-order valence-electron chi connectivity index (χ1n) is 5.37. The zero-order chi connectivity index (χ0) is 11.8. The monoisotopic (exact) mass is 244 g/mol. The SMILES string of the molecule is Cc1nc(-c2nc3ccc(CN)cc3[nH]2)cs1. The number of fused-ring (bicyclic) bond motifs is 1. The van der Waals surface area contributed by atoms with Gasteiger partial charge in [0.25, 0.3) is 0 Å². The van der Waals surface area contributed by atoms with E-state index in [2.05, 4.69) is 15.0 Å². The number of benzene rings is 1. The topological polar surface area (TPSA) is 67.6 Å². The largest absolute Gasteiger partial charge is 0.337 e. The van der Waals surface area contributed by atoms with Crippen molar-refractivity contribution in [2.45, 2.75) is 13.5 Å². The molecule has 0 aliphatic heterocycles. The molecular weight excluding hydrogens is 232 g/mol. The fourth-order valence-electron chi connectivity index (χ4n) is 1.78. The van der Waals surface area contributed by atoms with Gasteiger partial charge < -0.3 is 10.7 Å². The van der Waals surface area contributed by atoms with Crippen LogP contribution in [-0.2, 0) is 6.54 Å². The molecule has 0 spiro atoms. The third-order valence-electron chi connectivity index (χ3n) is 2.64. The van der Waals surface area contributed by atoms with Gasteiger partial charge >= 0.3 is 0 Å². The van der Waals surface area contributed by atoms with Gasteiger partial charge in [-0.2, -0.15) is 0 Å². The van der Waals surface area contributed by atoms with Crippen molar-refractivity contribution in [1.29, 1.82) is 0 Å². The normalized spacial score (nSPS) is 11.2. The molecule has 0 saturated carbocycles. The summed E-state index contributed by atoms with van der Waals surface area (Å²) in [4.78, 5) is 12.2. The van der Waals surface area contributed by atoms with E-state index in [0.29, 0.717) is 6.54 Å². The van der Waals surface area contributed by atoms with Crippen LogP contribution in [0.25, 0.3) is 22.6 Å². The van der Waals surface area contributed by atoms with E-state index in [-0.39, 0.29) is 0 Å². The van der Waals surface area contributed by atoms with Crippen LogP contribution >= 0.6 is 11.3 Å². The third kappa shape index (κ3) is 1.83. The zero-order valence-electron chi connectivity index (χ0n) is 9.40. The number of hydrogen-bond acceptors (Lipinski definition) is 4. The van der Waals surface area contributed by atoms with Crippen LogP contribution in [0.3, 0.4) is 0 Å². The number of nitrogens with one attached hydrogen (secondary N) is 1. The first-order valence-corrected chi connectivity index (χ1v) is 6.25. The van der Waals surface area contributed by atoms with Crippen LogP contribution in [0.5, 0.6) is 0 Å². The van der Waals surface area contributed by atoms with E-state index >= 15 is 0 Å². The standard InChI is InChI=1S/C12H12N4S/c1-7-14-11(6-17-7)12-15-9-3-2-8(5-13)4-10(9)16-12/h2-4,6H,5,13H2,1H3,(H,15,16). The highest BCUT2D eigenvalue weighted by Gasteiger charge is 2.08. The molecule has 0 fully saturated rings. The van der Waals surface area contributed by atoms with E-state index in [1.807, 2.05) is 30.5 Å². The smallest absolute Gasteiger partial charge is 0.158 e. The van der Waals surface area contributed by atoms with Crippen molar-refractivity contribution < 1.29 is 0 Å². The van der Waals surface area contributed by atoms with E-state index in [1.54, 1.807) is 11.3 Å². The van der Waals surface area contributed by atoms with Crippen LogP contribution in [-0.4, -0.2) is 15.0 Å². The Morgan fingerprint density at radius 2 is 2.24 bits per heavy atom. The Morgan fingerprint density at radius 3 is 2.94 bits per heavy atom. The quantitative estimate of drug-likeness (QED) is 0.727. The molecule has 1 aromatic carbocycles. The first-order chi connectivity index (χ1) is 8.26. The fourth-order valence-corrected chi connectivity index (χ4v) is 2.37. The van der Waals surface area contributed by atoms with Gasteiger partial charge in [0.1, 0.15) is 5.69 Å². The number of aryl methyl sites for hydroxylation is 1. The molecule has 17 heavy (non-hydrogen) atoms. The number of imidazole rings is 1. The molecule has 0 radical (unpaired) electrons. The number of rotatable bonds is 2. The van der Waals surface area contributed by atoms with Crippen molar-refractivity contribution in [2.75, 3.05) is 0 Å². The molecule has 0 atom stereocenters. The Hall–Kier alpha value is -1.72. The number of aromatic amines is 1. The summed E-state index contributed by atoms with van der Waals surface area (Å²) in [7, 11) is 0. The van der Waals surface area contributed by atoms with Crippen molar-refractivity contribution in [1.82, 2.24) is 15.0 Å². The molecule has 4 nitrogen and oxygen atoms in total. The van der Waals surface area contributed by atoms with Crippen LogP contribution in [0.4, 0.5) is 0 Å². The summed E-state index contributed by atoms with van der Waals surface area (Å²) in [6, 6.07) is 6.01. The predicted octanol–water partition coefficient (Wildman–Crippen LogP) is 2.45. The fraction of sp³-hybridized carbons (Fsp3) is 0.167. The molecule has 2 aromatic heterocycles. The number of hydrogen-bond donors (Lipinski definition) is 2. The average Bonchev–Trinajstić information content (AvgIpc) is 2.93. The molecule has 0 aliphatic rings. The van der Waals surface area contributed by atoms with Crippen LogP contribution in [0.1, 0.15) is 10.6 Å². The minimum absolute atomic E-state index is 0.542. The highest BCUT2D eigenvalue weighted by atomic mass is 32.1. The zero-order valence-corrected chi connectivity index (χ0v) is 10.2. The van der Waals surface area contributed by atoms with Crippen LogP contribution in [0.15, 0.2) is 23.6 Å². The van der Waals surface area contributed by atoms with Crippen molar-refractivity contribution in [3.8, 4) is 11.5 Å². The summed E-state index contributed by atoms with van der Waals surface area (Å²) < 4.78 is 0. The summed E-state index contributed by atoms with van der Waals surface area (Å²) in [5.74, 6) is 0.818. The molecule has 5 heteroatoms. The van der Waals surface area contributed by atoms with Crippen molar-refractivity contribution >= 4 is 22.4 Å². The molecular formula is C12H12N4S. The van der Waals surface area contributed by atoms with Crippen LogP contribution in [0.2, 0.25) is 0 Å². The lowest BCUT2D eigenvalue weighted by Crippen LogP contribution is -1.95. The number of H-pyrrole nitrogens is 1. The molecule has 2 heterocycles. The molecule has 0 saturated heterocycles. The molecule has 86 valence electrons. The lowest BCUT2D eigenvalue weighted by Gasteiger charge is -1.94. The Morgan fingerprint density at radius 1 is 1.35 bits per heavy atom.